The van der Waals surface area contributed by atoms with Crippen molar-refractivity contribution in [2.75, 3.05) is 0 Å². The monoisotopic (exact) mass is 479 g/mol. The van der Waals surface area contributed by atoms with E-state index in [1.165, 1.54) is 14.1 Å². The van der Waals surface area contributed by atoms with Crippen molar-refractivity contribution in [1.29, 1.82) is 0 Å². The minimum absolute atomic E-state index is 0.0717. The van der Waals surface area contributed by atoms with E-state index in [1.54, 1.807) is 18.2 Å². The molecule has 4 rings (SSSR count). The molecule has 0 saturated heterocycles. The molecular weight excluding hydrogens is 454 g/mol. The van der Waals surface area contributed by atoms with Gasteiger partial charge in [-0.2, -0.15) is 0 Å². The van der Waals surface area contributed by atoms with Crippen molar-refractivity contribution in [2.45, 2.75) is 39.2 Å². The van der Waals surface area contributed by atoms with Crippen LogP contribution < -0.4 is 22.5 Å². The molecule has 2 N–H and O–H groups in total. The lowest BCUT2D eigenvalue weighted by Crippen LogP contribution is -2.38. The summed E-state index contributed by atoms with van der Waals surface area (Å²) in [4.78, 5) is 65.2. The smallest absolute Gasteiger partial charge is 0.333 e. The number of nitrogens with zero attached hydrogens (tertiary/aromatic N) is 6. The Kier molecular flexibility index (Phi) is 6.45. The van der Waals surface area contributed by atoms with Crippen molar-refractivity contribution in [1.82, 2.24) is 28.7 Å². The van der Waals surface area contributed by atoms with Gasteiger partial charge in [0.05, 0.1) is 16.7 Å². The highest BCUT2D eigenvalue weighted by Gasteiger charge is 2.14. The molecule has 0 amide bonds. The Hall–Kier alpha value is -4.35. The van der Waals surface area contributed by atoms with E-state index in [0.29, 0.717) is 23.3 Å². The van der Waals surface area contributed by atoms with E-state index in [9.17, 15) is 24.3 Å². The molecule has 4 aromatic rings. The van der Waals surface area contributed by atoms with Crippen LogP contribution in [-0.4, -0.2) is 40.0 Å². The summed E-state index contributed by atoms with van der Waals surface area (Å²) >= 11 is 0. The Labute approximate surface area is 197 Å². The molecule has 12 nitrogen and oxygen atoms in total. The van der Waals surface area contributed by atoms with Crippen LogP contribution >= 0.6 is 0 Å². The molecule has 0 radical (unpaired) electrons. The predicted octanol–water partition coefficient (Wildman–Crippen LogP) is 1.07. The molecule has 0 aliphatic carbocycles. The Morgan fingerprint density at radius 2 is 1.77 bits per heavy atom. The summed E-state index contributed by atoms with van der Waals surface area (Å²) in [5, 5.41) is 10.2. The summed E-state index contributed by atoms with van der Waals surface area (Å²) in [6.45, 7) is 2.40. The molecule has 0 aliphatic heterocycles. The average molecular weight is 479 g/mol. The number of rotatable bonds is 7. The quantitative estimate of drug-likeness (QED) is 0.228. The summed E-state index contributed by atoms with van der Waals surface area (Å²) in [6.07, 6.45) is 4.89. The van der Waals surface area contributed by atoms with Crippen molar-refractivity contribution in [3.63, 3.8) is 0 Å². The number of H-pyrrole nitrogens is 1. The highest BCUT2D eigenvalue weighted by molar-refractivity contribution is 5.88. The second-order valence-electron chi connectivity index (χ2n) is 8.24. The summed E-state index contributed by atoms with van der Waals surface area (Å²) in [7, 11) is 2.64. The number of unbranched alkanes of at least 4 members (excludes halogenated alkanes) is 3. The van der Waals surface area contributed by atoms with Crippen LogP contribution in [0.5, 0.6) is 5.88 Å². The number of benzene rings is 1. The van der Waals surface area contributed by atoms with E-state index < -0.39 is 28.4 Å². The van der Waals surface area contributed by atoms with Gasteiger partial charge in [-0.25, -0.2) is 19.6 Å². The molecule has 12 heteroatoms. The second kappa shape index (κ2) is 9.49. The largest absolute Gasteiger partial charge is 0.494 e. The zero-order valence-electron chi connectivity index (χ0n) is 19.6. The minimum atomic E-state index is -0.690. The van der Waals surface area contributed by atoms with E-state index in [0.717, 1.165) is 45.6 Å². The maximum Gasteiger partial charge on any atom is 0.333 e. The highest BCUT2D eigenvalue weighted by atomic mass is 16.3. The Balaban J connectivity index is 1.73. The second-order valence-corrected chi connectivity index (χ2v) is 8.24. The van der Waals surface area contributed by atoms with Gasteiger partial charge in [0.15, 0.2) is 11.2 Å². The van der Waals surface area contributed by atoms with Crippen LogP contribution in [0.3, 0.4) is 0 Å². The SMILES string of the molecule is CCCCCCn1c(=O)[nH]c2nc3cc(N=Cc4c(O)n(C)c(=O)n(C)c4=O)ccc3nc2c1=O. The number of nitrogens with one attached hydrogen (secondary N) is 1. The van der Waals surface area contributed by atoms with E-state index in [1.807, 2.05) is 0 Å². The fourth-order valence-electron chi connectivity index (χ4n) is 3.76. The summed E-state index contributed by atoms with van der Waals surface area (Å²) < 4.78 is 2.96. The standard InChI is InChI=1S/C23H25N7O5/c1-4-5-6-7-10-30-21(33)17-18(27-22(30)34)26-16-11-13(8-9-15(16)25-17)24-12-14-19(31)28(2)23(35)29(3)20(14)32/h8-9,11-12,31H,4-7,10H2,1-3H3,(H,26,27,34). The highest BCUT2D eigenvalue weighted by Crippen LogP contribution is 2.20. The van der Waals surface area contributed by atoms with Gasteiger partial charge < -0.3 is 5.11 Å². The third kappa shape index (κ3) is 4.42. The molecule has 0 unspecified atom stereocenters. The molecule has 3 heterocycles. The van der Waals surface area contributed by atoms with Gasteiger partial charge in [0.1, 0.15) is 5.56 Å². The number of fused-ring (bicyclic) bond motifs is 2. The van der Waals surface area contributed by atoms with Crippen LogP contribution in [0, 0.1) is 0 Å². The molecule has 1 aromatic carbocycles. The molecule has 0 aliphatic rings. The average Bonchev–Trinajstić information content (AvgIpc) is 2.84. The molecule has 0 fully saturated rings. The Morgan fingerprint density at radius 3 is 2.51 bits per heavy atom. The number of aromatic hydroxyl groups is 1. The van der Waals surface area contributed by atoms with Gasteiger partial charge in [-0.05, 0) is 24.6 Å². The topological polar surface area (TPSA) is 157 Å². The van der Waals surface area contributed by atoms with Crippen LogP contribution in [0.1, 0.15) is 38.2 Å². The van der Waals surface area contributed by atoms with Crippen LogP contribution in [-0.2, 0) is 20.6 Å². The molecule has 3 aromatic heterocycles. The van der Waals surface area contributed by atoms with Gasteiger partial charge >= 0.3 is 11.4 Å². The summed E-state index contributed by atoms with van der Waals surface area (Å²) in [6, 6.07) is 4.79. The fraction of sp³-hybridized carbons (Fsp3) is 0.348. The van der Waals surface area contributed by atoms with Gasteiger partial charge in [0.25, 0.3) is 11.1 Å². The van der Waals surface area contributed by atoms with Crippen molar-refractivity contribution >= 4 is 34.1 Å². The van der Waals surface area contributed by atoms with E-state index in [4.69, 9.17) is 0 Å². The summed E-state index contributed by atoms with van der Waals surface area (Å²) in [5.74, 6) is -0.503. The lowest BCUT2D eigenvalue weighted by Gasteiger charge is -2.07. The number of aliphatic imine (C=N–C) groups is 1. The first-order chi connectivity index (χ1) is 16.7. The normalized spacial score (nSPS) is 11.7. The third-order valence-electron chi connectivity index (χ3n) is 5.81. The molecule has 182 valence electrons. The first-order valence-corrected chi connectivity index (χ1v) is 11.2. The molecule has 0 bridgehead atoms. The van der Waals surface area contributed by atoms with Crippen molar-refractivity contribution in [3.8, 4) is 5.88 Å². The van der Waals surface area contributed by atoms with Gasteiger partial charge in [-0.15, -0.1) is 0 Å². The van der Waals surface area contributed by atoms with Gasteiger partial charge in [-0.1, -0.05) is 26.2 Å². The van der Waals surface area contributed by atoms with Crippen LogP contribution in [0.15, 0.2) is 42.4 Å². The number of aromatic nitrogens is 6. The number of aromatic amines is 1. The molecular formula is C23H25N7O5. The minimum Gasteiger partial charge on any atom is -0.494 e. The molecule has 0 spiro atoms. The first kappa shape index (κ1) is 23.8. The lowest BCUT2D eigenvalue weighted by molar-refractivity contribution is 0.410. The van der Waals surface area contributed by atoms with Gasteiger partial charge in [0.2, 0.25) is 5.88 Å². The Bertz CT molecular complexity index is 1710. The first-order valence-electron chi connectivity index (χ1n) is 11.2. The number of hydrogen-bond acceptors (Lipinski definition) is 8. The summed E-state index contributed by atoms with van der Waals surface area (Å²) in [5.41, 5.74) is -1.20. The van der Waals surface area contributed by atoms with Crippen LogP contribution in [0.25, 0.3) is 22.2 Å². The van der Waals surface area contributed by atoms with Crippen LogP contribution in [0.2, 0.25) is 0 Å². The predicted molar refractivity (Wildman–Crippen MR) is 132 cm³/mol. The molecule has 35 heavy (non-hydrogen) atoms. The number of hydrogen-bond donors (Lipinski definition) is 2. The zero-order chi connectivity index (χ0) is 25.3. The maximum atomic E-state index is 12.9. The van der Waals surface area contributed by atoms with Crippen molar-refractivity contribution in [2.24, 2.45) is 19.1 Å². The molecule has 0 atom stereocenters. The van der Waals surface area contributed by atoms with Crippen LogP contribution in [0.4, 0.5) is 5.69 Å². The van der Waals surface area contributed by atoms with Crippen molar-refractivity contribution in [3.05, 3.63) is 65.4 Å². The van der Waals surface area contributed by atoms with Gasteiger partial charge in [-0.3, -0.25) is 33.3 Å². The van der Waals surface area contributed by atoms with Crippen molar-refractivity contribution < 1.29 is 5.11 Å². The van der Waals surface area contributed by atoms with E-state index in [2.05, 4.69) is 26.9 Å². The van der Waals surface area contributed by atoms with Gasteiger partial charge in [0, 0.05) is 26.9 Å². The lowest BCUT2D eigenvalue weighted by atomic mass is 10.2. The Morgan fingerprint density at radius 1 is 1.00 bits per heavy atom. The third-order valence-corrected chi connectivity index (χ3v) is 5.81. The fourth-order valence-corrected chi connectivity index (χ4v) is 3.76. The maximum absolute atomic E-state index is 12.9. The van der Waals surface area contributed by atoms with E-state index in [-0.39, 0.29) is 16.7 Å². The molecule has 0 saturated carbocycles. The van der Waals surface area contributed by atoms with E-state index >= 15 is 0 Å². The zero-order valence-corrected chi connectivity index (χ0v) is 19.6.